The van der Waals surface area contributed by atoms with E-state index in [1.54, 1.807) is 6.07 Å². The topological polar surface area (TPSA) is 79.0 Å². The standard InChI is InChI=1S/C26H35N3O4S/c1-20-12-16-28(17-13-20)19-21-6-8-22(9-7-21)26(30)27-24-18-23(10-11-25(24)33-2)34(31,32)29-14-4-3-5-15-29/h6-11,18,20H,3-5,12-17,19H2,1-2H3,(H,27,30). The van der Waals surface area contributed by atoms with E-state index in [-0.39, 0.29) is 10.8 Å². The Balaban J connectivity index is 1.46. The molecule has 8 heteroatoms. The maximum Gasteiger partial charge on any atom is 0.255 e. The number of rotatable bonds is 7. The normalized spacial score (nSPS) is 18.5. The summed E-state index contributed by atoms with van der Waals surface area (Å²) in [7, 11) is -2.11. The predicted molar refractivity (Wildman–Crippen MR) is 134 cm³/mol. The summed E-state index contributed by atoms with van der Waals surface area (Å²) in [5, 5.41) is 2.84. The molecule has 1 N–H and O–H groups in total. The van der Waals surface area contributed by atoms with Crippen LogP contribution in [0.2, 0.25) is 0 Å². The molecule has 0 radical (unpaired) electrons. The highest BCUT2D eigenvalue weighted by Gasteiger charge is 2.27. The van der Waals surface area contributed by atoms with E-state index in [4.69, 9.17) is 4.74 Å². The minimum Gasteiger partial charge on any atom is -0.495 e. The number of sulfonamides is 1. The van der Waals surface area contributed by atoms with Crippen LogP contribution in [0.3, 0.4) is 0 Å². The Morgan fingerprint density at radius 1 is 1.00 bits per heavy atom. The highest BCUT2D eigenvalue weighted by atomic mass is 32.2. The molecular formula is C26H35N3O4S. The Bertz CT molecular complexity index is 1090. The molecule has 0 aliphatic carbocycles. The number of amides is 1. The number of likely N-dealkylation sites (tertiary alicyclic amines) is 1. The lowest BCUT2D eigenvalue weighted by atomic mass is 9.99. The summed E-state index contributed by atoms with van der Waals surface area (Å²) in [5.41, 5.74) is 2.04. The van der Waals surface area contributed by atoms with Crippen molar-refractivity contribution in [3.05, 3.63) is 53.6 Å². The van der Waals surface area contributed by atoms with Crippen LogP contribution in [0.1, 0.15) is 54.9 Å². The monoisotopic (exact) mass is 485 g/mol. The molecule has 2 aliphatic rings. The third-order valence-corrected chi connectivity index (χ3v) is 8.77. The fourth-order valence-electron chi connectivity index (χ4n) is 4.63. The third-order valence-electron chi connectivity index (χ3n) is 6.87. The van der Waals surface area contributed by atoms with Gasteiger partial charge in [0.15, 0.2) is 0 Å². The Morgan fingerprint density at radius 3 is 2.32 bits per heavy atom. The zero-order chi connectivity index (χ0) is 24.1. The number of hydrogen-bond acceptors (Lipinski definition) is 5. The van der Waals surface area contributed by atoms with E-state index < -0.39 is 10.0 Å². The summed E-state index contributed by atoms with van der Waals surface area (Å²) in [4.78, 5) is 15.6. The molecule has 4 rings (SSSR count). The van der Waals surface area contributed by atoms with Gasteiger partial charge >= 0.3 is 0 Å². The highest BCUT2D eigenvalue weighted by Crippen LogP contribution is 2.30. The summed E-state index contributed by atoms with van der Waals surface area (Å²) in [6, 6.07) is 12.2. The first-order valence-electron chi connectivity index (χ1n) is 12.2. The molecule has 0 atom stereocenters. The van der Waals surface area contributed by atoms with Crippen molar-refractivity contribution < 1.29 is 17.9 Å². The molecule has 0 bridgehead atoms. The van der Waals surface area contributed by atoms with E-state index in [0.717, 1.165) is 44.8 Å². The Morgan fingerprint density at radius 2 is 1.68 bits per heavy atom. The Hall–Kier alpha value is -2.42. The van der Waals surface area contributed by atoms with Crippen molar-refractivity contribution in [2.24, 2.45) is 5.92 Å². The first-order valence-corrected chi connectivity index (χ1v) is 13.6. The fourth-order valence-corrected chi connectivity index (χ4v) is 6.18. The number of carbonyl (C=O) groups is 1. The number of ether oxygens (including phenoxy) is 1. The van der Waals surface area contributed by atoms with Gasteiger partial charge < -0.3 is 10.1 Å². The zero-order valence-electron chi connectivity index (χ0n) is 20.1. The van der Waals surface area contributed by atoms with Gasteiger partial charge in [-0.1, -0.05) is 25.5 Å². The maximum absolute atomic E-state index is 13.1. The van der Waals surface area contributed by atoms with E-state index >= 15 is 0 Å². The summed E-state index contributed by atoms with van der Waals surface area (Å²) in [6.07, 6.45) is 5.24. The van der Waals surface area contributed by atoms with E-state index in [9.17, 15) is 13.2 Å². The van der Waals surface area contributed by atoms with Crippen LogP contribution in [-0.2, 0) is 16.6 Å². The molecule has 2 aromatic rings. The van der Waals surface area contributed by atoms with Crippen molar-refractivity contribution in [1.29, 1.82) is 0 Å². The van der Waals surface area contributed by atoms with Crippen molar-refractivity contribution in [3.63, 3.8) is 0 Å². The minimum atomic E-state index is -3.61. The second-order valence-electron chi connectivity index (χ2n) is 9.44. The molecule has 0 saturated carbocycles. The van der Waals surface area contributed by atoms with Crippen LogP contribution in [0.15, 0.2) is 47.4 Å². The zero-order valence-corrected chi connectivity index (χ0v) is 20.9. The van der Waals surface area contributed by atoms with Gasteiger partial charge in [-0.15, -0.1) is 0 Å². The summed E-state index contributed by atoms with van der Waals surface area (Å²) in [5.74, 6) is 0.915. The van der Waals surface area contributed by atoms with Gasteiger partial charge in [-0.3, -0.25) is 9.69 Å². The van der Waals surface area contributed by atoms with Crippen LogP contribution in [0.5, 0.6) is 5.75 Å². The third kappa shape index (κ3) is 5.79. The molecule has 7 nitrogen and oxygen atoms in total. The Labute approximate surface area is 203 Å². The molecule has 34 heavy (non-hydrogen) atoms. The summed E-state index contributed by atoms with van der Waals surface area (Å²) < 4.78 is 33.1. The number of anilines is 1. The van der Waals surface area contributed by atoms with Crippen LogP contribution >= 0.6 is 0 Å². The first kappa shape index (κ1) is 24.7. The van der Waals surface area contributed by atoms with Gasteiger partial charge in [-0.05, 0) is 80.6 Å². The molecule has 1 amide bonds. The first-order chi connectivity index (χ1) is 16.4. The SMILES string of the molecule is COc1ccc(S(=O)(=O)N2CCCCC2)cc1NC(=O)c1ccc(CN2CCC(C)CC2)cc1. The number of piperidine rings is 2. The lowest BCUT2D eigenvalue weighted by molar-refractivity contribution is 0.102. The molecule has 2 saturated heterocycles. The average molecular weight is 486 g/mol. The van der Waals surface area contributed by atoms with Crippen molar-refractivity contribution in [3.8, 4) is 5.75 Å². The van der Waals surface area contributed by atoms with Gasteiger partial charge in [-0.25, -0.2) is 8.42 Å². The quantitative estimate of drug-likeness (QED) is 0.631. The van der Waals surface area contributed by atoms with Crippen LogP contribution in [0.25, 0.3) is 0 Å². The number of carbonyl (C=O) groups excluding carboxylic acids is 1. The van der Waals surface area contributed by atoms with Crippen LogP contribution in [-0.4, -0.2) is 56.8 Å². The van der Waals surface area contributed by atoms with Gasteiger partial charge in [0, 0.05) is 25.2 Å². The molecular weight excluding hydrogens is 450 g/mol. The molecule has 2 fully saturated rings. The molecule has 0 aromatic heterocycles. The van der Waals surface area contributed by atoms with E-state index in [2.05, 4.69) is 17.1 Å². The van der Waals surface area contributed by atoms with Gasteiger partial charge in [0.05, 0.1) is 17.7 Å². The second-order valence-corrected chi connectivity index (χ2v) is 11.4. The molecule has 0 unspecified atom stereocenters. The van der Waals surface area contributed by atoms with Gasteiger partial charge in [0.2, 0.25) is 10.0 Å². The van der Waals surface area contributed by atoms with Crippen LogP contribution in [0, 0.1) is 5.92 Å². The maximum atomic E-state index is 13.1. The summed E-state index contributed by atoms with van der Waals surface area (Å²) >= 11 is 0. The average Bonchev–Trinajstić information content (AvgIpc) is 2.86. The number of hydrogen-bond donors (Lipinski definition) is 1. The largest absolute Gasteiger partial charge is 0.495 e. The lowest BCUT2D eigenvalue weighted by Crippen LogP contribution is -2.35. The summed E-state index contributed by atoms with van der Waals surface area (Å²) in [6.45, 7) is 6.47. The Kier molecular flexibility index (Phi) is 7.91. The van der Waals surface area contributed by atoms with Gasteiger partial charge in [-0.2, -0.15) is 4.31 Å². The number of nitrogens with zero attached hydrogens (tertiary/aromatic N) is 2. The minimum absolute atomic E-state index is 0.164. The van der Waals surface area contributed by atoms with Gasteiger partial charge in [0.25, 0.3) is 5.91 Å². The molecule has 2 heterocycles. The van der Waals surface area contributed by atoms with Crippen molar-refractivity contribution in [2.75, 3.05) is 38.6 Å². The lowest BCUT2D eigenvalue weighted by Gasteiger charge is -2.30. The van der Waals surface area contributed by atoms with E-state index in [0.29, 0.717) is 30.1 Å². The van der Waals surface area contributed by atoms with Gasteiger partial charge in [0.1, 0.15) is 5.75 Å². The number of benzene rings is 2. The number of methoxy groups -OCH3 is 1. The number of nitrogens with one attached hydrogen (secondary N) is 1. The highest BCUT2D eigenvalue weighted by molar-refractivity contribution is 7.89. The van der Waals surface area contributed by atoms with E-state index in [1.807, 2.05) is 24.3 Å². The second kappa shape index (κ2) is 10.9. The predicted octanol–water partition coefficient (Wildman–Crippen LogP) is 4.35. The van der Waals surface area contributed by atoms with Crippen LogP contribution < -0.4 is 10.1 Å². The molecule has 2 aliphatic heterocycles. The fraction of sp³-hybridized carbons (Fsp3) is 0.500. The smallest absolute Gasteiger partial charge is 0.255 e. The van der Waals surface area contributed by atoms with Crippen molar-refractivity contribution in [1.82, 2.24) is 9.21 Å². The molecule has 0 spiro atoms. The molecule has 2 aromatic carbocycles. The van der Waals surface area contributed by atoms with Crippen LogP contribution in [0.4, 0.5) is 5.69 Å². The van der Waals surface area contributed by atoms with Crippen molar-refractivity contribution in [2.45, 2.75) is 50.5 Å². The van der Waals surface area contributed by atoms with Crippen molar-refractivity contribution >= 4 is 21.6 Å². The van der Waals surface area contributed by atoms with E-state index in [1.165, 1.54) is 42.0 Å². The molecule has 184 valence electrons.